The Bertz CT molecular complexity index is 890. The molecule has 1 N–H and O–H groups in total. The minimum atomic E-state index is -0.365. The first-order valence-electron chi connectivity index (χ1n) is 8.12. The van der Waals surface area contributed by atoms with Gasteiger partial charge < -0.3 is 14.5 Å². The van der Waals surface area contributed by atoms with Gasteiger partial charge in [-0.15, -0.1) is 11.8 Å². The van der Waals surface area contributed by atoms with Crippen molar-refractivity contribution in [1.82, 2.24) is 9.38 Å². The number of hydrogen-bond donors (Lipinski definition) is 1. The van der Waals surface area contributed by atoms with Gasteiger partial charge in [-0.05, 0) is 36.8 Å². The molecule has 0 unspecified atom stereocenters. The first-order chi connectivity index (χ1) is 12.6. The average Bonchev–Trinajstić information content (AvgIpc) is 3.03. The van der Waals surface area contributed by atoms with Crippen LogP contribution in [0.2, 0.25) is 0 Å². The number of anilines is 1. The van der Waals surface area contributed by atoms with Gasteiger partial charge in [0.15, 0.2) is 0 Å². The molecule has 0 saturated carbocycles. The molecule has 2 heterocycles. The van der Waals surface area contributed by atoms with Crippen molar-refractivity contribution in [3.05, 3.63) is 66.1 Å². The number of esters is 1. The molecule has 7 heteroatoms. The molecular weight excluding hydrogens is 350 g/mol. The predicted molar refractivity (Wildman–Crippen MR) is 102 cm³/mol. The van der Waals surface area contributed by atoms with Gasteiger partial charge in [-0.25, -0.2) is 4.98 Å². The summed E-state index contributed by atoms with van der Waals surface area (Å²) >= 11 is 1.22. The van der Waals surface area contributed by atoms with Crippen molar-refractivity contribution in [1.29, 1.82) is 0 Å². The second-order valence-electron chi connectivity index (χ2n) is 5.77. The molecule has 6 nitrogen and oxygen atoms in total. The summed E-state index contributed by atoms with van der Waals surface area (Å²) in [4.78, 5) is 28.1. The second kappa shape index (κ2) is 8.53. The second-order valence-corrected chi connectivity index (χ2v) is 6.76. The number of nitrogens with one attached hydrogen (secondary N) is 1. The van der Waals surface area contributed by atoms with Gasteiger partial charge in [0.2, 0.25) is 5.91 Å². The fourth-order valence-corrected chi connectivity index (χ4v) is 3.01. The van der Waals surface area contributed by atoms with Crippen molar-refractivity contribution >= 4 is 35.0 Å². The maximum absolute atomic E-state index is 11.9. The van der Waals surface area contributed by atoms with E-state index in [0.717, 1.165) is 16.9 Å². The van der Waals surface area contributed by atoms with Crippen LogP contribution in [0.4, 0.5) is 5.69 Å². The number of thioether (sulfide) groups is 1. The zero-order valence-electron chi connectivity index (χ0n) is 14.3. The Hall–Kier alpha value is -2.80. The average molecular weight is 369 g/mol. The fraction of sp³-hybridized carbons (Fsp3) is 0.211. The van der Waals surface area contributed by atoms with Crippen LogP contribution < -0.4 is 5.32 Å². The molecule has 0 bridgehead atoms. The summed E-state index contributed by atoms with van der Waals surface area (Å²) in [6, 6.07) is 13.3. The molecule has 0 atom stereocenters. The third-order valence-corrected chi connectivity index (χ3v) is 4.46. The van der Waals surface area contributed by atoms with Crippen molar-refractivity contribution in [3.8, 4) is 0 Å². The molecule has 0 fully saturated rings. The number of fused-ring (bicyclic) bond motifs is 1. The fourth-order valence-electron chi connectivity index (χ4n) is 2.40. The summed E-state index contributed by atoms with van der Waals surface area (Å²) < 4.78 is 7.07. The van der Waals surface area contributed by atoms with Crippen LogP contribution >= 0.6 is 11.8 Å². The summed E-state index contributed by atoms with van der Waals surface area (Å²) in [5.41, 5.74) is 3.32. The lowest BCUT2D eigenvalue weighted by Crippen LogP contribution is -2.16. The van der Waals surface area contributed by atoms with Crippen molar-refractivity contribution in [2.24, 2.45) is 0 Å². The van der Waals surface area contributed by atoms with Crippen LogP contribution in [0.5, 0.6) is 0 Å². The van der Waals surface area contributed by atoms with Gasteiger partial charge in [0.25, 0.3) is 0 Å². The Balaban J connectivity index is 1.38. The maximum atomic E-state index is 11.9. The monoisotopic (exact) mass is 369 g/mol. The lowest BCUT2D eigenvalue weighted by Gasteiger charge is -2.06. The van der Waals surface area contributed by atoms with Crippen LogP contribution in [0.1, 0.15) is 11.3 Å². The molecule has 0 aliphatic carbocycles. The number of carbonyl (C=O) groups is 2. The number of aromatic nitrogens is 2. The lowest BCUT2D eigenvalue weighted by atomic mass is 10.2. The number of imidazole rings is 1. The molecule has 0 aliphatic heterocycles. The molecule has 1 aromatic carbocycles. The minimum absolute atomic E-state index is 0.120. The van der Waals surface area contributed by atoms with Crippen LogP contribution in [0, 0.1) is 6.92 Å². The number of rotatable bonds is 7. The molecule has 3 aromatic rings. The molecular formula is C19H19N3O3S. The van der Waals surface area contributed by atoms with Crippen LogP contribution in [-0.4, -0.2) is 32.8 Å². The highest BCUT2D eigenvalue weighted by Crippen LogP contribution is 2.11. The van der Waals surface area contributed by atoms with Gasteiger partial charge in [-0.2, -0.15) is 0 Å². The van der Waals surface area contributed by atoms with Gasteiger partial charge in [0.05, 0.1) is 17.2 Å². The molecule has 3 rings (SSSR count). The van der Waals surface area contributed by atoms with Crippen LogP contribution in [0.3, 0.4) is 0 Å². The Morgan fingerprint density at radius 2 is 2.08 bits per heavy atom. The van der Waals surface area contributed by atoms with Crippen molar-refractivity contribution in [3.63, 3.8) is 0 Å². The predicted octanol–water partition coefficient (Wildman–Crippen LogP) is 3.06. The smallest absolute Gasteiger partial charge is 0.316 e. The van der Waals surface area contributed by atoms with Crippen molar-refractivity contribution < 1.29 is 14.3 Å². The Morgan fingerprint density at radius 3 is 2.88 bits per heavy atom. The topological polar surface area (TPSA) is 72.7 Å². The normalized spacial score (nSPS) is 10.7. The van der Waals surface area contributed by atoms with Crippen molar-refractivity contribution in [2.75, 3.05) is 16.8 Å². The number of hydrogen-bond acceptors (Lipinski definition) is 5. The van der Waals surface area contributed by atoms with E-state index in [1.165, 1.54) is 11.8 Å². The van der Waals surface area contributed by atoms with Crippen LogP contribution in [0.15, 0.2) is 54.9 Å². The van der Waals surface area contributed by atoms with E-state index in [1.807, 2.05) is 66.2 Å². The van der Waals surface area contributed by atoms with Gasteiger partial charge in [0, 0.05) is 18.1 Å². The SMILES string of the molecule is Cc1cccc(NC(=O)CSCC(=O)OCc2cn3ccccc3n2)c1. The van der Waals surface area contributed by atoms with E-state index in [1.54, 1.807) is 0 Å². The molecule has 1 amide bonds. The van der Waals surface area contributed by atoms with Gasteiger partial charge >= 0.3 is 5.97 Å². The summed E-state index contributed by atoms with van der Waals surface area (Å²) in [5.74, 6) is -0.199. The zero-order chi connectivity index (χ0) is 18.4. The quantitative estimate of drug-likeness (QED) is 0.648. The molecule has 0 aliphatic rings. The lowest BCUT2D eigenvalue weighted by molar-refractivity contribution is -0.141. The number of pyridine rings is 1. The molecule has 26 heavy (non-hydrogen) atoms. The number of nitrogens with zero attached hydrogens (tertiary/aromatic N) is 2. The molecule has 0 radical (unpaired) electrons. The van der Waals surface area contributed by atoms with Crippen molar-refractivity contribution in [2.45, 2.75) is 13.5 Å². The van der Waals surface area contributed by atoms with Gasteiger partial charge in [-0.3, -0.25) is 9.59 Å². The summed E-state index contributed by atoms with van der Waals surface area (Å²) in [7, 11) is 0. The largest absolute Gasteiger partial charge is 0.458 e. The van der Waals surface area contributed by atoms with Crippen LogP contribution in [0.25, 0.3) is 5.65 Å². The molecule has 0 spiro atoms. The highest BCUT2D eigenvalue weighted by atomic mass is 32.2. The first kappa shape index (κ1) is 18.0. The molecule has 134 valence electrons. The first-order valence-corrected chi connectivity index (χ1v) is 9.28. The standard InChI is InChI=1S/C19H19N3O3S/c1-14-5-4-6-15(9-14)21-18(23)12-26-13-19(24)25-11-16-10-22-8-3-2-7-17(22)20-16/h2-10H,11-13H2,1H3,(H,21,23). The third kappa shape index (κ3) is 5.10. The maximum Gasteiger partial charge on any atom is 0.316 e. The van der Waals surface area contributed by atoms with Gasteiger partial charge in [0.1, 0.15) is 12.3 Å². The van der Waals surface area contributed by atoms with Gasteiger partial charge in [-0.1, -0.05) is 18.2 Å². The van der Waals surface area contributed by atoms with E-state index in [2.05, 4.69) is 10.3 Å². The van der Waals surface area contributed by atoms with E-state index in [4.69, 9.17) is 4.74 Å². The summed E-state index contributed by atoms with van der Waals surface area (Å²) in [5, 5.41) is 2.80. The Labute approximate surface area is 155 Å². The van der Waals surface area contributed by atoms with E-state index in [0.29, 0.717) is 5.69 Å². The summed E-state index contributed by atoms with van der Waals surface area (Å²) in [6.45, 7) is 2.08. The molecule has 0 saturated heterocycles. The highest BCUT2D eigenvalue weighted by Gasteiger charge is 2.09. The number of amides is 1. The number of benzene rings is 1. The Kier molecular flexibility index (Phi) is 5.91. The Morgan fingerprint density at radius 1 is 1.19 bits per heavy atom. The van der Waals surface area contributed by atoms with E-state index in [-0.39, 0.29) is 30.0 Å². The number of ether oxygens (including phenoxy) is 1. The zero-order valence-corrected chi connectivity index (χ0v) is 15.2. The number of aryl methyl sites for hydroxylation is 1. The highest BCUT2D eigenvalue weighted by molar-refractivity contribution is 8.00. The summed E-state index contributed by atoms with van der Waals surface area (Å²) in [6.07, 6.45) is 3.71. The van der Waals surface area contributed by atoms with E-state index >= 15 is 0 Å². The molecule has 2 aromatic heterocycles. The van der Waals surface area contributed by atoms with E-state index < -0.39 is 0 Å². The third-order valence-electron chi connectivity index (χ3n) is 3.55. The number of carbonyl (C=O) groups excluding carboxylic acids is 2. The van der Waals surface area contributed by atoms with E-state index in [9.17, 15) is 9.59 Å². The minimum Gasteiger partial charge on any atom is -0.458 e. The van der Waals surface area contributed by atoms with Crippen LogP contribution in [-0.2, 0) is 20.9 Å².